The van der Waals surface area contributed by atoms with Crippen LogP contribution in [0.15, 0.2) is 0 Å². The van der Waals surface area contributed by atoms with E-state index in [9.17, 15) is 22.8 Å². The minimum Gasteiger partial charge on any atom is -0.353 e. The molecular formula is C18H31N5O5S. The summed E-state index contributed by atoms with van der Waals surface area (Å²) in [4.78, 5) is 41.2. The lowest BCUT2D eigenvalue weighted by molar-refractivity contribution is -0.141. The highest BCUT2D eigenvalue weighted by Gasteiger charge is 2.47. The normalized spacial score (nSPS) is 27.6. The van der Waals surface area contributed by atoms with Crippen molar-refractivity contribution < 1.29 is 22.8 Å². The lowest BCUT2D eigenvalue weighted by Crippen LogP contribution is -2.66. The van der Waals surface area contributed by atoms with Gasteiger partial charge in [0.25, 0.3) is 0 Å². The first-order valence-electron chi connectivity index (χ1n) is 10.2. The van der Waals surface area contributed by atoms with Gasteiger partial charge in [0.1, 0.15) is 6.04 Å². The van der Waals surface area contributed by atoms with E-state index in [-0.39, 0.29) is 55.0 Å². The number of urea groups is 1. The number of hydrogen-bond donors (Lipinski definition) is 3. The van der Waals surface area contributed by atoms with Crippen LogP contribution in [0.25, 0.3) is 0 Å². The zero-order valence-electron chi connectivity index (χ0n) is 17.2. The van der Waals surface area contributed by atoms with Crippen molar-refractivity contribution in [2.24, 2.45) is 5.92 Å². The Labute approximate surface area is 171 Å². The fraction of sp³-hybridized carbons (Fsp3) is 0.833. The molecule has 3 N–H and O–H groups in total. The summed E-state index contributed by atoms with van der Waals surface area (Å²) < 4.78 is 25.7. The Balaban J connectivity index is 1.74. The first-order valence-corrected chi connectivity index (χ1v) is 12.1. The van der Waals surface area contributed by atoms with Gasteiger partial charge in [-0.1, -0.05) is 13.8 Å². The number of fused-ring (bicyclic) bond motifs is 1. The number of nitrogens with one attached hydrogen (secondary N) is 3. The summed E-state index contributed by atoms with van der Waals surface area (Å²) in [7, 11) is -3.39. The molecule has 164 valence electrons. The summed E-state index contributed by atoms with van der Waals surface area (Å²) in [6, 6.07) is -1.59. The van der Waals surface area contributed by atoms with E-state index in [0.29, 0.717) is 13.0 Å². The highest BCUT2D eigenvalue weighted by molar-refractivity contribution is 7.88. The minimum absolute atomic E-state index is 0.0430. The number of carbonyl (C=O) groups is 3. The topological polar surface area (TPSA) is 128 Å². The molecule has 1 aliphatic carbocycles. The fourth-order valence-corrected chi connectivity index (χ4v) is 4.84. The van der Waals surface area contributed by atoms with Crippen molar-refractivity contribution in [1.29, 1.82) is 0 Å². The van der Waals surface area contributed by atoms with Crippen molar-refractivity contribution in [3.05, 3.63) is 0 Å². The van der Waals surface area contributed by atoms with Gasteiger partial charge >= 0.3 is 6.03 Å². The van der Waals surface area contributed by atoms with Gasteiger partial charge in [-0.2, -0.15) is 0 Å². The van der Waals surface area contributed by atoms with Crippen molar-refractivity contribution in [2.75, 3.05) is 25.9 Å². The van der Waals surface area contributed by atoms with Gasteiger partial charge in [0.15, 0.2) is 0 Å². The Morgan fingerprint density at radius 2 is 1.86 bits per heavy atom. The first kappa shape index (κ1) is 21.8. The minimum atomic E-state index is -3.39. The molecule has 0 unspecified atom stereocenters. The van der Waals surface area contributed by atoms with Crippen LogP contribution in [0.1, 0.15) is 39.5 Å². The lowest BCUT2D eigenvalue weighted by atomic mass is 9.93. The maximum atomic E-state index is 13.2. The van der Waals surface area contributed by atoms with E-state index in [1.165, 1.54) is 4.90 Å². The zero-order chi connectivity index (χ0) is 21.3. The van der Waals surface area contributed by atoms with Crippen molar-refractivity contribution in [2.45, 2.75) is 63.7 Å². The molecule has 2 aliphatic heterocycles. The number of amides is 4. The molecule has 3 aliphatic rings. The Morgan fingerprint density at radius 3 is 2.41 bits per heavy atom. The standard InChI is InChI=1S/C18H31N5O5S/c1-11(2)16(24)19-8-15-17(25)22-9-13(21-29(3,27)28)7-14(22)10-23(15)18(26)20-12-5-4-6-12/h11-15,21H,4-10H2,1-3H3,(H,19,24)(H,20,26)/t13-,14-,15-/m0/s1. The number of hydrogen-bond acceptors (Lipinski definition) is 5. The summed E-state index contributed by atoms with van der Waals surface area (Å²) in [5.41, 5.74) is 0. The van der Waals surface area contributed by atoms with E-state index < -0.39 is 16.1 Å². The quantitative estimate of drug-likeness (QED) is 0.511. The molecule has 0 spiro atoms. The first-order chi connectivity index (χ1) is 13.5. The summed E-state index contributed by atoms with van der Waals surface area (Å²) in [6.45, 7) is 4.15. The monoisotopic (exact) mass is 429 g/mol. The van der Waals surface area contributed by atoms with Crippen LogP contribution in [-0.4, -0.2) is 86.1 Å². The van der Waals surface area contributed by atoms with E-state index in [4.69, 9.17) is 0 Å². The second kappa shape index (κ2) is 8.47. The molecule has 3 rings (SSSR count). The number of sulfonamides is 1. The molecule has 2 saturated heterocycles. The van der Waals surface area contributed by atoms with Crippen LogP contribution in [0.5, 0.6) is 0 Å². The van der Waals surface area contributed by atoms with Crippen LogP contribution in [-0.2, 0) is 19.6 Å². The SMILES string of the molecule is CC(C)C(=O)NC[C@H]1C(=O)N2C[C@@H](NS(C)(=O)=O)C[C@H]2CN1C(=O)NC1CCC1. The van der Waals surface area contributed by atoms with E-state index >= 15 is 0 Å². The van der Waals surface area contributed by atoms with Gasteiger partial charge in [-0.3, -0.25) is 9.59 Å². The molecular weight excluding hydrogens is 398 g/mol. The summed E-state index contributed by atoms with van der Waals surface area (Å²) in [6.07, 6.45) is 4.48. The van der Waals surface area contributed by atoms with Crippen LogP contribution in [0.3, 0.4) is 0 Å². The van der Waals surface area contributed by atoms with Gasteiger partial charge < -0.3 is 20.4 Å². The second-order valence-corrected chi connectivity index (χ2v) is 10.4. The van der Waals surface area contributed by atoms with Gasteiger partial charge in [0, 0.05) is 37.6 Å². The van der Waals surface area contributed by atoms with E-state index in [2.05, 4.69) is 15.4 Å². The molecule has 0 bridgehead atoms. The van der Waals surface area contributed by atoms with Crippen molar-refractivity contribution in [1.82, 2.24) is 25.2 Å². The number of piperazine rings is 1. The average molecular weight is 430 g/mol. The van der Waals surface area contributed by atoms with Crippen LogP contribution in [0.2, 0.25) is 0 Å². The predicted molar refractivity (Wildman–Crippen MR) is 106 cm³/mol. The van der Waals surface area contributed by atoms with Gasteiger partial charge in [0.05, 0.1) is 12.3 Å². The molecule has 10 nitrogen and oxygen atoms in total. The maximum Gasteiger partial charge on any atom is 0.318 e. The lowest BCUT2D eigenvalue weighted by Gasteiger charge is -2.43. The van der Waals surface area contributed by atoms with Crippen LogP contribution in [0.4, 0.5) is 4.79 Å². The number of nitrogens with zero attached hydrogens (tertiary/aromatic N) is 2. The van der Waals surface area contributed by atoms with Crippen LogP contribution >= 0.6 is 0 Å². The Morgan fingerprint density at radius 1 is 1.17 bits per heavy atom. The fourth-order valence-electron chi connectivity index (χ4n) is 4.06. The van der Waals surface area contributed by atoms with E-state index in [1.54, 1.807) is 18.7 Å². The van der Waals surface area contributed by atoms with Gasteiger partial charge in [-0.25, -0.2) is 17.9 Å². The maximum absolute atomic E-state index is 13.2. The third-order valence-corrected chi connectivity index (χ3v) is 6.60. The Hall–Kier alpha value is -1.88. The van der Waals surface area contributed by atoms with Gasteiger partial charge in [-0.15, -0.1) is 0 Å². The number of rotatable bonds is 6. The molecule has 3 atom stereocenters. The molecule has 11 heteroatoms. The molecule has 3 fully saturated rings. The highest BCUT2D eigenvalue weighted by atomic mass is 32.2. The molecule has 29 heavy (non-hydrogen) atoms. The second-order valence-electron chi connectivity index (χ2n) is 8.61. The molecule has 0 aromatic rings. The van der Waals surface area contributed by atoms with E-state index in [0.717, 1.165) is 25.5 Å². The predicted octanol–water partition coefficient (Wildman–Crippen LogP) is -0.776. The largest absolute Gasteiger partial charge is 0.353 e. The average Bonchev–Trinajstić information content (AvgIpc) is 2.97. The smallest absolute Gasteiger partial charge is 0.318 e. The zero-order valence-corrected chi connectivity index (χ0v) is 18.0. The van der Waals surface area contributed by atoms with Crippen LogP contribution in [0, 0.1) is 5.92 Å². The summed E-state index contributed by atoms with van der Waals surface area (Å²) >= 11 is 0. The number of carbonyl (C=O) groups excluding carboxylic acids is 3. The Kier molecular flexibility index (Phi) is 6.37. The van der Waals surface area contributed by atoms with E-state index in [1.807, 2.05) is 0 Å². The van der Waals surface area contributed by atoms with Gasteiger partial charge in [0.2, 0.25) is 21.8 Å². The molecule has 0 aromatic carbocycles. The summed E-state index contributed by atoms with van der Waals surface area (Å²) in [5, 5.41) is 5.73. The molecule has 0 radical (unpaired) electrons. The molecule has 2 heterocycles. The molecule has 1 saturated carbocycles. The highest BCUT2D eigenvalue weighted by Crippen LogP contribution is 2.27. The summed E-state index contributed by atoms with van der Waals surface area (Å²) in [5.74, 6) is -0.669. The van der Waals surface area contributed by atoms with Crippen molar-refractivity contribution >= 4 is 27.9 Å². The van der Waals surface area contributed by atoms with Crippen LogP contribution < -0.4 is 15.4 Å². The molecule has 4 amide bonds. The third kappa shape index (κ3) is 5.19. The third-order valence-electron chi connectivity index (χ3n) is 5.83. The van der Waals surface area contributed by atoms with Crippen molar-refractivity contribution in [3.63, 3.8) is 0 Å². The van der Waals surface area contributed by atoms with Gasteiger partial charge in [-0.05, 0) is 25.7 Å². The van der Waals surface area contributed by atoms with Crippen molar-refractivity contribution in [3.8, 4) is 0 Å². The molecule has 0 aromatic heterocycles. The Bertz CT molecular complexity index is 767.